The standard InChI is InChI=1S/C12H10FNO4S/c13-10-3-1-2-9(6-10)7-14-19(16,17)12-5-4-11(8-15)18-12/h1-6,8,14H,7H2. The summed E-state index contributed by atoms with van der Waals surface area (Å²) in [5, 5.41) is -0.356. The van der Waals surface area contributed by atoms with Crippen LogP contribution in [0.1, 0.15) is 16.1 Å². The maximum atomic E-state index is 12.9. The van der Waals surface area contributed by atoms with Gasteiger partial charge in [-0.2, -0.15) is 0 Å². The van der Waals surface area contributed by atoms with Crippen molar-refractivity contribution >= 4 is 16.3 Å². The van der Waals surface area contributed by atoms with Crippen LogP contribution < -0.4 is 4.72 Å². The lowest BCUT2D eigenvalue weighted by molar-refractivity contribution is 0.109. The zero-order chi connectivity index (χ0) is 13.9. The van der Waals surface area contributed by atoms with Crippen molar-refractivity contribution in [2.75, 3.05) is 0 Å². The maximum absolute atomic E-state index is 12.9. The first-order chi connectivity index (χ1) is 9.01. The molecule has 0 aliphatic rings. The van der Waals surface area contributed by atoms with Crippen LogP contribution >= 0.6 is 0 Å². The number of furan rings is 1. The van der Waals surface area contributed by atoms with Crippen molar-refractivity contribution in [3.63, 3.8) is 0 Å². The quantitative estimate of drug-likeness (QED) is 0.847. The van der Waals surface area contributed by atoms with Gasteiger partial charge in [-0.3, -0.25) is 4.79 Å². The van der Waals surface area contributed by atoms with E-state index < -0.39 is 15.8 Å². The van der Waals surface area contributed by atoms with Gasteiger partial charge < -0.3 is 4.42 Å². The third-order valence-corrected chi connectivity index (χ3v) is 3.61. The van der Waals surface area contributed by atoms with Crippen LogP contribution in [0.2, 0.25) is 0 Å². The summed E-state index contributed by atoms with van der Waals surface area (Å²) in [6.07, 6.45) is 0.408. The van der Waals surface area contributed by atoms with Gasteiger partial charge in [-0.25, -0.2) is 17.5 Å². The maximum Gasteiger partial charge on any atom is 0.274 e. The van der Waals surface area contributed by atoms with E-state index in [-0.39, 0.29) is 17.4 Å². The van der Waals surface area contributed by atoms with E-state index in [9.17, 15) is 17.6 Å². The number of halogens is 1. The molecule has 0 amide bonds. The summed E-state index contributed by atoms with van der Waals surface area (Å²) in [6.45, 7) is -0.0722. The van der Waals surface area contributed by atoms with Crippen LogP contribution in [-0.2, 0) is 16.6 Å². The monoisotopic (exact) mass is 283 g/mol. The first kappa shape index (κ1) is 13.4. The summed E-state index contributed by atoms with van der Waals surface area (Å²) in [7, 11) is -3.86. The number of hydrogen-bond acceptors (Lipinski definition) is 4. The lowest BCUT2D eigenvalue weighted by atomic mass is 10.2. The molecule has 5 nitrogen and oxygen atoms in total. The molecular weight excluding hydrogens is 273 g/mol. The second-order valence-corrected chi connectivity index (χ2v) is 5.43. The summed E-state index contributed by atoms with van der Waals surface area (Å²) < 4.78 is 43.6. The van der Waals surface area contributed by atoms with Crippen LogP contribution in [0.3, 0.4) is 0 Å². The SMILES string of the molecule is O=Cc1ccc(S(=O)(=O)NCc2cccc(F)c2)o1. The molecule has 19 heavy (non-hydrogen) atoms. The van der Waals surface area contributed by atoms with Gasteiger partial charge in [0, 0.05) is 6.54 Å². The zero-order valence-electron chi connectivity index (χ0n) is 9.67. The molecule has 1 heterocycles. The Morgan fingerprint density at radius 2 is 2.05 bits per heavy atom. The number of benzene rings is 1. The number of nitrogens with one attached hydrogen (secondary N) is 1. The lowest BCUT2D eigenvalue weighted by Gasteiger charge is -2.04. The van der Waals surface area contributed by atoms with Gasteiger partial charge in [-0.1, -0.05) is 12.1 Å². The summed E-state index contributed by atoms with van der Waals surface area (Å²) >= 11 is 0. The summed E-state index contributed by atoms with van der Waals surface area (Å²) in [4.78, 5) is 10.4. The molecule has 0 aliphatic carbocycles. The van der Waals surface area contributed by atoms with Gasteiger partial charge in [0.1, 0.15) is 5.82 Å². The van der Waals surface area contributed by atoms with E-state index in [1.54, 1.807) is 6.07 Å². The van der Waals surface area contributed by atoms with E-state index in [0.29, 0.717) is 11.8 Å². The molecule has 0 unspecified atom stereocenters. The minimum atomic E-state index is -3.86. The highest BCUT2D eigenvalue weighted by Crippen LogP contribution is 2.13. The van der Waals surface area contributed by atoms with Gasteiger partial charge in [-0.15, -0.1) is 0 Å². The van der Waals surface area contributed by atoms with Gasteiger partial charge >= 0.3 is 0 Å². The fourth-order valence-corrected chi connectivity index (χ4v) is 2.39. The van der Waals surface area contributed by atoms with Crippen molar-refractivity contribution in [2.45, 2.75) is 11.6 Å². The lowest BCUT2D eigenvalue weighted by Crippen LogP contribution is -2.22. The summed E-state index contributed by atoms with van der Waals surface area (Å²) in [5.74, 6) is -0.524. The predicted molar refractivity (Wildman–Crippen MR) is 64.5 cm³/mol. The minimum Gasteiger partial charge on any atom is -0.440 e. The smallest absolute Gasteiger partial charge is 0.274 e. The van der Waals surface area contributed by atoms with E-state index in [1.807, 2.05) is 0 Å². The third kappa shape index (κ3) is 3.27. The average molecular weight is 283 g/mol. The van der Waals surface area contributed by atoms with Gasteiger partial charge in [0.2, 0.25) is 5.09 Å². The predicted octanol–water partition coefficient (Wildman–Crippen LogP) is 1.71. The molecule has 0 radical (unpaired) electrons. The largest absolute Gasteiger partial charge is 0.440 e. The molecule has 7 heteroatoms. The molecule has 0 atom stereocenters. The molecule has 1 aromatic heterocycles. The van der Waals surface area contributed by atoms with Crippen molar-refractivity contribution in [1.82, 2.24) is 4.72 Å². The number of carbonyl (C=O) groups excluding carboxylic acids is 1. The molecule has 0 fully saturated rings. The molecule has 0 spiro atoms. The van der Waals surface area contributed by atoms with Crippen LogP contribution in [0.5, 0.6) is 0 Å². The number of rotatable bonds is 5. The molecule has 1 N–H and O–H groups in total. The Balaban J connectivity index is 2.11. The van der Waals surface area contributed by atoms with Crippen molar-refractivity contribution in [1.29, 1.82) is 0 Å². The molecule has 2 aromatic rings. The van der Waals surface area contributed by atoms with Crippen molar-refractivity contribution in [3.8, 4) is 0 Å². The summed E-state index contributed by atoms with van der Waals surface area (Å²) in [6, 6.07) is 7.99. The number of sulfonamides is 1. The van der Waals surface area contributed by atoms with Crippen LogP contribution in [0.4, 0.5) is 4.39 Å². The first-order valence-corrected chi connectivity index (χ1v) is 6.79. The first-order valence-electron chi connectivity index (χ1n) is 5.30. The molecule has 100 valence electrons. The van der Waals surface area contributed by atoms with E-state index in [2.05, 4.69) is 4.72 Å². The van der Waals surface area contributed by atoms with E-state index in [0.717, 1.165) is 0 Å². The Morgan fingerprint density at radius 3 is 2.68 bits per heavy atom. The normalized spacial score (nSPS) is 11.4. The van der Waals surface area contributed by atoms with Crippen LogP contribution in [0.25, 0.3) is 0 Å². The van der Waals surface area contributed by atoms with E-state index in [4.69, 9.17) is 4.42 Å². The minimum absolute atomic E-state index is 0.0722. The average Bonchev–Trinajstić information content (AvgIpc) is 2.86. The number of hydrogen-bond donors (Lipinski definition) is 1. The fourth-order valence-electron chi connectivity index (χ4n) is 1.44. The van der Waals surface area contributed by atoms with Crippen molar-refractivity contribution in [2.24, 2.45) is 0 Å². The topological polar surface area (TPSA) is 76.4 Å². The Labute approximate surface area is 109 Å². The Bertz CT molecular complexity index is 693. The zero-order valence-corrected chi connectivity index (χ0v) is 10.5. The highest BCUT2D eigenvalue weighted by atomic mass is 32.2. The Kier molecular flexibility index (Phi) is 3.77. The number of aldehydes is 1. The highest BCUT2D eigenvalue weighted by molar-refractivity contribution is 7.89. The molecule has 1 aromatic carbocycles. The fraction of sp³-hybridized carbons (Fsp3) is 0.0833. The van der Waals surface area contributed by atoms with E-state index in [1.165, 1.54) is 30.3 Å². The van der Waals surface area contributed by atoms with Crippen LogP contribution in [-0.4, -0.2) is 14.7 Å². The molecule has 0 aliphatic heterocycles. The van der Waals surface area contributed by atoms with Gasteiger partial charge in [-0.05, 0) is 29.8 Å². The number of carbonyl (C=O) groups is 1. The molecule has 2 rings (SSSR count). The molecule has 0 saturated carbocycles. The van der Waals surface area contributed by atoms with Gasteiger partial charge in [0.05, 0.1) is 0 Å². The van der Waals surface area contributed by atoms with Crippen LogP contribution in [0.15, 0.2) is 45.9 Å². The Hall–Kier alpha value is -1.99. The van der Waals surface area contributed by atoms with Gasteiger partial charge in [0.25, 0.3) is 10.0 Å². The highest BCUT2D eigenvalue weighted by Gasteiger charge is 2.18. The third-order valence-electron chi connectivity index (χ3n) is 2.34. The van der Waals surface area contributed by atoms with Crippen molar-refractivity contribution in [3.05, 3.63) is 53.5 Å². The summed E-state index contributed by atoms with van der Waals surface area (Å²) in [5.41, 5.74) is 0.478. The second-order valence-electron chi connectivity index (χ2n) is 3.73. The van der Waals surface area contributed by atoms with Crippen molar-refractivity contribution < 1.29 is 22.0 Å². The van der Waals surface area contributed by atoms with Crippen LogP contribution in [0, 0.1) is 5.82 Å². The second kappa shape index (κ2) is 5.33. The molecule has 0 bridgehead atoms. The van der Waals surface area contributed by atoms with Gasteiger partial charge in [0.15, 0.2) is 12.0 Å². The molecule has 0 saturated heterocycles. The molecular formula is C12H10FNO4S. The Morgan fingerprint density at radius 1 is 1.26 bits per heavy atom. The van der Waals surface area contributed by atoms with E-state index >= 15 is 0 Å².